The van der Waals surface area contributed by atoms with Crippen LogP contribution < -0.4 is 0 Å². The minimum atomic E-state index is -2.26. The van der Waals surface area contributed by atoms with E-state index in [4.69, 9.17) is 0 Å². The third-order valence-corrected chi connectivity index (χ3v) is 4.18. The van der Waals surface area contributed by atoms with Gasteiger partial charge in [0.2, 0.25) is 0 Å². The molecule has 0 aliphatic carbocycles. The summed E-state index contributed by atoms with van der Waals surface area (Å²) in [5.41, 5.74) is 0. The number of hydrogen-bond donors (Lipinski definition) is 1. The van der Waals surface area contributed by atoms with E-state index in [9.17, 15) is 8.42 Å². The zero-order valence-corrected chi connectivity index (χ0v) is 8.08. The smallest absolute Gasteiger partial charge is 0.144 e. The highest BCUT2D eigenvalue weighted by Crippen LogP contribution is 1.98. The molecule has 0 spiro atoms. The lowest BCUT2D eigenvalue weighted by Gasteiger charge is -1.96. The van der Waals surface area contributed by atoms with Gasteiger partial charge in [0.15, 0.2) is 0 Å². The van der Waals surface area contributed by atoms with Crippen LogP contribution in [0.3, 0.4) is 0 Å². The van der Waals surface area contributed by atoms with Crippen LogP contribution >= 0.6 is 31.9 Å². The summed E-state index contributed by atoms with van der Waals surface area (Å²) in [5.74, 6) is 0. The standard InChI is InChI=1S/C3H6Br2O2S/c4-1-3(2-5)8(6)7/h3,8H,1-2H2. The van der Waals surface area contributed by atoms with Crippen molar-refractivity contribution in [3.8, 4) is 0 Å². The molecule has 0 saturated carbocycles. The van der Waals surface area contributed by atoms with Gasteiger partial charge in [-0.25, -0.2) is 8.42 Å². The molecule has 0 fully saturated rings. The first kappa shape index (κ1) is 8.91. The van der Waals surface area contributed by atoms with Crippen LogP contribution in [-0.2, 0) is 10.7 Å². The molecule has 0 N–H and O–H groups in total. The Morgan fingerprint density at radius 2 is 1.62 bits per heavy atom. The van der Waals surface area contributed by atoms with Crippen molar-refractivity contribution in [1.82, 2.24) is 0 Å². The minimum Gasteiger partial charge on any atom is -0.232 e. The van der Waals surface area contributed by atoms with Gasteiger partial charge >= 0.3 is 0 Å². The zero-order chi connectivity index (χ0) is 6.57. The summed E-state index contributed by atoms with van der Waals surface area (Å²) in [6.07, 6.45) is 0. The number of halogens is 2. The van der Waals surface area contributed by atoms with Gasteiger partial charge in [-0.3, -0.25) is 0 Å². The van der Waals surface area contributed by atoms with Crippen LogP contribution in [0.2, 0.25) is 0 Å². The molecule has 0 aliphatic rings. The van der Waals surface area contributed by atoms with Gasteiger partial charge in [0.1, 0.15) is 10.7 Å². The first-order chi connectivity index (χ1) is 3.72. The van der Waals surface area contributed by atoms with Crippen molar-refractivity contribution in [1.29, 1.82) is 0 Å². The summed E-state index contributed by atoms with van der Waals surface area (Å²) in [6.45, 7) is 0. The fraction of sp³-hybridized carbons (Fsp3) is 1.00. The maximum Gasteiger partial charge on any atom is 0.144 e. The molecule has 0 atom stereocenters. The molecule has 0 radical (unpaired) electrons. The van der Waals surface area contributed by atoms with Gasteiger partial charge in [-0.05, 0) is 0 Å². The highest BCUT2D eigenvalue weighted by Gasteiger charge is 2.05. The normalized spacial score (nSPS) is 11.0. The van der Waals surface area contributed by atoms with Crippen molar-refractivity contribution in [3.05, 3.63) is 0 Å². The molecular weight excluding hydrogens is 260 g/mol. The predicted molar refractivity (Wildman–Crippen MR) is 41.7 cm³/mol. The molecule has 2 nitrogen and oxygen atoms in total. The van der Waals surface area contributed by atoms with Gasteiger partial charge in [-0.2, -0.15) is 0 Å². The van der Waals surface area contributed by atoms with E-state index < -0.39 is 10.7 Å². The van der Waals surface area contributed by atoms with Crippen molar-refractivity contribution in [2.75, 3.05) is 10.7 Å². The molecule has 0 heterocycles. The van der Waals surface area contributed by atoms with Crippen molar-refractivity contribution < 1.29 is 8.42 Å². The Morgan fingerprint density at radius 3 is 1.62 bits per heavy atom. The molecule has 0 bridgehead atoms. The Balaban J connectivity index is 3.70. The Morgan fingerprint density at radius 1 is 1.25 bits per heavy atom. The quantitative estimate of drug-likeness (QED) is 0.604. The molecule has 0 rings (SSSR count). The maximum atomic E-state index is 10.1. The van der Waals surface area contributed by atoms with Crippen molar-refractivity contribution in [2.24, 2.45) is 0 Å². The van der Waals surface area contributed by atoms with E-state index in [2.05, 4.69) is 31.9 Å². The van der Waals surface area contributed by atoms with E-state index in [1.165, 1.54) is 0 Å². The van der Waals surface area contributed by atoms with Crippen molar-refractivity contribution in [3.63, 3.8) is 0 Å². The first-order valence-corrected chi connectivity index (χ1v) is 5.46. The molecule has 0 aromatic rings. The average molecular weight is 266 g/mol. The molecule has 0 amide bonds. The summed E-state index contributed by atoms with van der Waals surface area (Å²) in [6, 6.07) is 0. The van der Waals surface area contributed by atoms with Crippen molar-refractivity contribution in [2.45, 2.75) is 5.25 Å². The van der Waals surface area contributed by atoms with Gasteiger partial charge in [-0.1, -0.05) is 31.9 Å². The third-order valence-electron chi connectivity index (χ3n) is 0.654. The van der Waals surface area contributed by atoms with Crippen molar-refractivity contribution >= 4 is 42.6 Å². The van der Waals surface area contributed by atoms with Crippen LogP contribution in [0.25, 0.3) is 0 Å². The number of thiol groups is 1. The SMILES string of the molecule is O=[SH](=O)C(CBr)CBr. The average Bonchev–Trinajstić information content (AvgIpc) is 1.69. The Bertz CT molecular complexity index is 110. The highest BCUT2D eigenvalue weighted by atomic mass is 79.9. The van der Waals surface area contributed by atoms with Gasteiger partial charge in [0, 0.05) is 10.7 Å². The molecule has 0 saturated heterocycles. The summed E-state index contributed by atoms with van der Waals surface area (Å²) >= 11 is 6.13. The first-order valence-electron chi connectivity index (χ1n) is 1.97. The lowest BCUT2D eigenvalue weighted by molar-refractivity contribution is 0.608. The summed E-state index contributed by atoms with van der Waals surface area (Å²) in [4.78, 5) is 0. The van der Waals surface area contributed by atoms with E-state index in [-0.39, 0.29) is 5.25 Å². The molecule has 0 unspecified atom stereocenters. The molecule has 0 aromatic heterocycles. The Kier molecular flexibility index (Phi) is 5.30. The second-order valence-electron chi connectivity index (χ2n) is 1.25. The molecule has 5 heteroatoms. The minimum absolute atomic E-state index is 0.259. The van der Waals surface area contributed by atoms with Crippen LogP contribution in [0.5, 0.6) is 0 Å². The number of alkyl halides is 2. The summed E-state index contributed by atoms with van der Waals surface area (Å²) in [5, 5.41) is 0.762. The fourth-order valence-corrected chi connectivity index (χ4v) is 2.87. The fourth-order valence-electron chi connectivity index (χ4n) is 0.154. The van der Waals surface area contributed by atoms with E-state index in [1.54, 1.807) is 0 Å². The molecule has 0 aliphatic heterocycles. The Hall–Kier alpha value is 0.910. The summed E-state index contributed by atoms with van der Waals surface area (Å²) in [7, 11) is -2.26. The van der Waals surface area contributed by atoms with E-state index in [0.717, 1.165) is 0 Å². The van der Waals surface area contributed by atoms with Crippen LogP contribution in [0.1, 0.15) is 0 Å². The predicted octanol–water partition coefficient (Wildman–Crippen LogP) is 0.756. The van der Waals surface area contributed by atoms with Gasteiger partial charge in [0.05, 0.1) is 5.25 Å². The summed E-state index contributed by atoms with van der Waals surface area (Å²) < 4.78 is 20.3. The monoisotopic (exact) mass is 264 g/mol. The Labute approximate surface area is 66.9 Å². The number of hydrogen-bond acceptors (Lipinski definition) is 2. The van der Waals surface area contributed by atoms with Crippen LogP contribution in [0, 0.1) is 0 Å². The molecule has 8 heavy (non-hydrogen) atoms. The van der Waals surface area contributed by atoms with Gasteiger partial charge < -0.3 is 0 Å². The van der Waals surface area contributed by atoms with E-state index in [0.29, 0.717) is 10.7 Å². The highest BCUT2D eigenvalue weighted by molar-refractivity contribution is 9.10. The number of rotatable bonds is 3. The largest absolute Gasteiger partial charge is 0.232 e. The zero-order valence-electron chi connectivity index (χ0n) is 4.01. The van der Waals surface area contributed by atoms with Crippen LogP contribution in [-0.4, -0.2) is 24.3 Å². The lowest BCUT2D eigenvalue weighted by Crippen LogP contribution is -2.12. The van der Waals surface area contributed by atoms with Crippen LogP contribution in [0.4, 0.5) is 0 Å². The third kappa shape index (κ3) is 3.04. The lowest BCUT2D eigenvalue weighted by atomic mass is 10.6. The van der Waals surface area contributed by atoms with Gasteiger partial charge in [0.25, 0.3) is 0 Å². The van der Waals surface area contributed by atoms with E-state index >= 15 is 0 Å². The molecule has 50 valence electrons. The maximum absolute atomic E-state index is 10.1. The second kappa shape index (κ2) is 4.76. The topological polar surface area (TPSA) is 34.1 Å². The van der Waals surface area contributed by atoms with E-state index in [1.807, 2.05) is 0 Å². The molecule has 0 aromatic carbocycles. The second-order valence-corrected chi connectivity index (χ2v) is 3.84. The molecular formula is C3H6Br2O2S. The van der Waals surface area contributed by atoms with Gasteiger partial charge in [-0.15, -0.1) is 0 Å². The van der Waals surface area contributed by atoms with Crippen LogP contribution in [0.15, 0.2) is 0 Å².